The molecule has 1 rings (SSSR count). The molecule has 0 saturated carbocycles. The van der Waals surface area contributed by atoms with E-state index in [1.807, 2.05) is 0 Å². The highest BCUT2D eigenvalue weighted by Gasteiger charge is 2.28. The van der Waals surface area contributed by atoms with Crippen LogP contribution >= 0.6 is 0 Å². The fourth-order valence-electron chi connectivity index (χ4n) is 1.41. The summed E-state index contributed by atoms with van der Waals surface area (Å²) in [7, 11) is 0. The van der Waals surface area contributed by atoms with E-state index >= 15 is 0 Å². The molecule has 1 fully saturated rings. The molecule has 1 unspecified atom stereocenters. The summed E-state index contributed by atoms with van der Waals surface area (Å²) in [5, 5.41) is 11.9. The van der Waals surface area contributed by atoms with Crippen LogP contribution in [0, 0.1) is 0 Å². The molecule has 96 valence electrons. The maximum absolute atomic E-state index is 11.4. The molecule has 1 heterocycles. The first-order valence-electron chi connectivity index (χ1n) is 5.46. The predicted molar refractivity (Wildman–Crippen MR) is 59.1 cm³/mol. The number of aliphatic hydroxyl groups excluding tert-OH is 1. The molecular formula is C11H17NO5. The molecule has 0 aromatic carbocycles. The molecule has 0 aromatic rings. The van der Waals surface area contributed by atoms with Gasteiger partial charge in [-0.15, -0.1) is 6.58 Å². The van der Waals surface area contributed by atoms with Gasteiger partial charge in [0.15, 0.2) is 0 Å². The zero-order chi connectivity index (χ0) is 12.7. The Morgan fingerprint density at radius 1 is 1.65 bits per heavy atom. The van der Waals surface area contributed by atoms with Crippen LogP contribution in [0.15, 0.2) is 12.7 Å². The van der Waals surface area contributed by atoms with Crippen molar-refractivity contribution in [1.82, 2.24) is 5.32 Å². The number of esters is 1. The van der Waals surface area contributed by atoms with Crippen molar-refractivity contribution in [2.45, 2.75) is 25.0 Å². The van der Waals surface area contributed by atoms with Crippen LogP contribution in [0.5, 0.6) is 0 Å². The van der Waals surface area contributed by atoms with Crippen molar-refractivity contribution in [2.24, 2.45) is 0 Å². The van der Waals surface area contributed by atoms with Crippen LogP contribution in [0.4, 0.5) is 0 Å². The third-order valence-electron chi connectivity index (χ3n) is 2.24. The van der Waals surface area contributed by atoms with Crippen LogP contribution in [-0.4, -0.2) is 48.9 Å². The topological polar surface area (TPSA) is 84.9 Å². The van der Waals surface area contributed by atoms with Gasteiger partial charge in [-0.05, 0) is 6.42 Å². The van der Waals surface area contributed by atoms with E-state index in [0.29, 0.717) is 19.4 Å². The Bertz CT molecular complexity index is 292. The van der Waals surface area contributed by atoms with E-state index in [2.05, 4.69) is 11.9 Å². The monoisotopic (exact) mass is 243 g/mol. The summed E-state index contributed by atoms with van der Waals surface area (Å²) >= 11 is 0. The number of nitrogens with one attached hydrogen (secondary N) is 1. The van der Waals surface area contributed by atoms with Gasteiger partial charge in [0.1, 0.15) is 18.8 Å². The number of carbonyl (C=O) groups excluding carboxylic acids is 2. The van der Waals surface area contributed by atoms with E-state index < -0.39 is 18.1 Å². The molecule has 0 spiro atoms. The van der Waals surface area contributed by atoms with Crippen LogP contribution in [0.1, 0.15) is 12.8 Å². The van der Waals surface area contributed by atoms with Gasteiger partial charge < -0.3 is 19.9 Å². The van der Waals surface area contributed by atoms with E-state index in [0.717, 1.165) is 0 Å². The van der Waals surface area contributed by atoms with Gasteiger partial charge in [-0.3, -0.25) is 4.79 Å². The zero-order valence-electron chi connectivity index (χ0n) is 9.55. The summed E-state index contributed by atoms with van der Waals surface area (Å²) in [5.41, 5.74) is 0. The number of ether oxygens (including phenoxy) is 2. The molecule has 2 N–H and O–H groups in total. The van der Waals surface area contributed by atoms with E-state index in [-0.39, 0.29) is 19.1 Å². The quantitative estimate of drug-likeness (QED) is 0.353. The largest absolute Gasteiger partial charge is 0.461 e. The highest BCUT2D eigenvalue weighted by atomic mass is 16.5. The van der Waals surface area contributed by atoms with Crippen LogP contribution in [0.2, 0.25) is 0 Å². The Balaban J connectivity index is 2.14. The van der Waals surface area contributed by atoms with Gasteiger partial charge in [-0.2, -0.15) is 0 Å². The Labute approximate surface area is 99.6 Å². The summed E-state index contributed by atoms with van der Waals surface area (Å²) in [6.45, 7) is 3.74. The first kappa shape index (κ1) is 13.7. The lowest BCUT2D eigenvalue weighted by atomic mass is 10.2. The number of rotatable bonds is 7. The fraction of sp³-hybridized carbons (Fsp3) is 0.636. The first-order chi connectivity index (χ1) is 8.13. The van der Waals surface area contributed by atoms with Crippen molar-refractivity contribution in [3.05, 3.63) is 12.7 Å². The zero-order valence-corrected chi connectivity index (χ0v) is 9.55. The molecule has 2 atom stereocenters. The van der Waals surface area contributed by atoms with Gasteiger partial charge >= 0.3 is 5.97 Å². The highest BCUT2D eigenvalue weighted by molar-refractivity contribution is 5.88. The molecule has 0 aromatic heterocycles. The van der Waals surface area contributed by atoms with Crippen molar-refractivity contribution < 1.29 is 24.2 Å². The molecule has 0 aliphatic carbocycles. The van der Waals surface area contributed by atoms with Crippen molar-refractivity contribution >= 4 is 11.9 Å². The van der Waals surface area contributed by atoms with E-state index in [4.69, 9.17) is 9.47 Å². The molecule has 0 radical (unpaired) electrons. The Morgan fingerprint density at radius 3 is 3.00 bits per heavy atom. The number of carbonyl (C=O) groups is 2. The fourth-order valence-corrected chi connectivity index (χ4v) is 1.41. The Kier molecular flexibility index (Phi) is 5.65. The van der Waals surface area contributed by atoms with Gasteiger partial charge in [-0.1, -0.05) is 6.08 Å². The third-order valence-corrected chi connectivity index (χ3v) is 2.24. The number of hydrogen-bond donors (Lipinski definition) is 2. The second-order valence-corrected chi connectivity index (χ2v) is 3.77. The minimum Gasteiger partial charge on any atom is -0.461 e. The lowest BCUT2D eigenvalue weighted by molar-refractivity contribution is -0.150. The second kappa shape index (κ2) is 7.03. The van der Waals surface area contributed by atoms with Crippen LogP contribution in [0.25, 0.3) is 0 Å². The average Bonchev–Trinajstić information content (AvgIpc) is 2.73. The molecule has 1 aliphatic rings. The molecule has 6 heteroatoms. The van der Waals surface area contributed by atoms with Gasteiger partial charge in [-0.25, -0.2) is 4.79 Å². The van der Waals surface area contributed by atoms with E-state index in [1.165, 1.54) is 0 Å². The lowest BCUT2D eigenvalue weighted by Gasteiger charge is -2.13. The van der Waals surface area contributed by atoms with Gasteiger partial charge in [0, 0.05) is 6.42 Å². The summed E-state index contributed by atoms with van der Waals surface area (Å²) in [5.74, 6) is -0.666. The first-order valence-corrected chi connectivity index (χ1v) is 5.46. The maximum Gasteiger partial charge on any atom is 0.328 e. The van der Waals surface area contributed by atoms with Crippen LogP contribution in [0.3, 0.4) is 0 Å². The molecular weight excluding hydrogens is 226 g/mol. The van der Waals surface area contributed by atoms with E-state index in [1.54, 1.807) is 6.08 Å². The molecule has 1 saturated heterocycles. The standard InChI is InChI=1S/C11H17NO5/c1-2-5-16-6-8(13)7-17-11(15)9-3-4-10(14)12-9/h2,8-9,13H,1,3-7H2,(H,12,14)/t8?,9-/m0/s1. The minimum atomic E-state index is -0.865. The second-order valence-electron chi connectivity index (χ2n) is 3.77. The maximum atomic E-state index is 11.4. The molecule has 1 amide bonds. The highest BCUT2D eigenvalue weighted by Crippen LogP contribution is 2.08. The van der Waals surface area contributed by atoms with Crippen molar-refractivity contribution in [1.29, 1.82) is 0 Å². The molecule has 0 bridgehead atoms. The number of hydrogen-bond acceptors (Lipinski definition) is 5. The summed E-state index contributed by atoms with van der Waals surface area (Å²) in [6, 6.07) is -0.580. The molecule has 6 nitrogen and oxygen atoms in total. The van der Waals surface area contributed by atoms with Gasteiger partial charge in [0.25, 0.3) is 0 Å². The SMILES string of the molecule is C=CCOCC(O)COC(=O)[C@@H]1CCC(=O)N1. The Hall–Kier alpha value is -1.40. The smallest absolute Gasteiger partial charge is 0.328 e. The lowest BCUT2D eigenvalue weighted by Crippen LogP contribution is -2.36. The molecule has 17 heavy (non-hydrogen) atoms. The van der Waals surface area contributed by atoms with Crippen molar-refractivity contribution in [3.63, 3.8) is 0 Å². The minimum absolute atomic E-state index is 0.0797. The number of aliphatic hydroxyl groups is 1. The summed E-state index contributed by atoms with van der Waals surface area (Å²) < 4.78 is 9.85. The van der Waals surface area contributed by atoms with Gasteiger partial charge in [0.2, 0.25) is 5.91 Å². The Morgan fingerprint density at radius 2 is 2.41 bits per heavy atom. The summed E-state index contributed by atoms with van der Waals surface area (Å²) in [4.78, 5) is 22.3. The average molecular weight is 243 g/mol. The van der Waals surface area contributed by atoms with Crippen LogP contribution in [-0.2, 0) is 19.1 Å². The van der Waals surface area contributed by atoms with Crippen LogP contribution < -0.4 is 5.32 Å². The predicted octanol–water partition coefficient (Wildman–Crippen LogP) is -0.628. The van der Waals surface area contributed by atoms with Crippen molar-refractivity contribution in [3.8, 4) is 0 Å². The number of amides is 1. The normalized spacial score (nSPS) is 20.8. The molecule has 1 aliphatic heterocycles. The van der Waals surface area contributed by atoms with E-state index in [9.17, 15) is 14.7 Å². The van der Waals surface area contributed by atoms with Gasteiger partial charge in [0.05, 0.1) is 13.2 Å². The summed E-state index contributed by atoms with van der Waals surface area (Å²) in [6.07, 6.45) is 1.48. The third kappa shape index (κ3) is 4.97. The van der Waals surface area contributed by atoms with Crippen molar-refractivity contribution in [2.75, 3.05) is 19.8 Å².